The number of carbonyl (C=O) groups excluding carboxylic acids is 1. The molecular formula is C8H7NO4. The van der Waals surface area contributed by atoms with Gasteiger partial charge >= 0.3 is 5.69 Å². The minimum absolute atomic E-state index is 0.182. The summed E-state index contributed by atoms with van der Waals surface area (Å²) in [6, 6.07) is 2.42. The third kappa shape index (κ3) is 1.64. The van der Waals surface area contributed by atoms with Crippen LogP contribution in [0.5, 0.6) is 5.75 Å². The molecule has 0 bridgehead atoms. The van der Waals surface area contributed by atoms with E-state index in [1.165, 1.54) is 13.0 Å². The molecule has 0 aliphatic rings. The summed E-state index contributed by atoms with van der Waals surface area (Å²) in [4.78, 5) is 20.0. The fraction of sp³-hybridized carbons (Fsp3) is 0.125. The molecule has 1 N–H and O–H groups in total. The van der Waals surface area contributed by atoms with Crippen LogP contribution >= 0.6 is 0 Å². The largest absolute Gasteiger partial charge is 0.502 e. The van der Waals surface area contributed by atoms with Crippen molar-refractivity contribution in [3.63, 3.8) is 0 Å². The van der Waals surface area contributed by atoms with Gasteiger partial charge in [-0.1, -0.05) is 0 Å². The van der Waals surface area contributed by atoms with Gasteiger partial charge in [-0.15, -0.1) is 0 Å². The summed E-state index contributed by atoms with van der Waals surface area (Å²) in [5.74, 6) is -0.393. The number of phenolic OH excluding ortho intramolecular Hbond substituents is 1. The number of aldehydes is 1. The minimum Gasteiger partial charge on any atom is -0.502 e. The second-order valence-electron chi connectivity index (χ2n) is 2.58. The van der Waals surface area contributed by atoms with E-state index in [0.29, 0.717) is 11.8 Å². The third-order valence-electron chi connectivity index (χ3n) is 1.64. The van der Waals surface area contributed by atoms with E-state index in [0.717, 1.165) is 6.07 Å². The molecule has 1 aromatic carbocycles. The van der Waals surface area contributed by atoms with E-state index in [4.69, 9.17) is 0 Å². The van der Waals surface area contributed by atoms with Crippen molar-refractivity contribution in [3.8, 4) is 5.75 Å². The van der Waals surface area contributed by atoms with Crippen molar-refractivity contribution in [2.75, 3.05) is 0 Å². The van der Waals surface area contributed by atoms with Crippen LogP contribution in [-0.2, 0) is 0 Å². The van der Waals surface area contributed by atoms with Gasteiger partial charge < -0.3 is 5.11 Å². The summed E-state index contributed by atoms with van der Waals surface area (Å²) >= 11 is 0. The van der Waals surface area contributed by atoms with Crippen molar-refractivity contribution in [1.29, 1.82) is 0 Å². The quantitative estimate of drug-likeness (QED) is 0.425. The number of nitrogens with zero attached hydrogens (tertiary/aromatic N) is 1. The Hall–Kier alpha value is -1.91. The maximum absolute atomic E-state index is 10.4. The standard InChI is InChI=1S/C8H7NO4/c1-5-2-6(4-10)3-7(8(5)11)9(12)13/h2-4,11H,1H3. The summed E-state index contributed by atoms with van der Waals surface area (Å²) in [5, 5.41) is 19.6. The summed E-state index contributed by atoms with van der Waals surface area (Å²) in [7, 11) is 0. The van der Waals surface area contributed by atoms with Crippen molar-refractivity contribution >= 4 is 12.0 Å². The number of aromatic hydroxyl groups is 1. The molecule has 0 saturated heterocycles. The van der Waals surface area contributed by atoms with Crippen molar-refractivity contribution in [3.05, 3.63) is 33.4 Å². The molecule has 0 heterocycles. The topological polar surface area (TPSA) is 80.4 Å². The summed E-state index contributed by atoms with van der Waals surface area (Å²) < 4.78 is 0. The Labute approximate surface area is 73.8 Å². The Kier molecular flexibility index (Phi) is 2.27. The number of hydrogen-bond donors (Lipinski definition) is 1. The zero-order chi connectivity index (χ0) is 10.0. The number of phenols is 1. The van der Waals surface area contributed by atoms with E-state index in [9.17, 15) is 20.0 Å². The van der Waals surface area contributed by atoms with Crippen molar-refractivity contribution in [2.45, 2.75) is 6.92 Å². The molecule has 1 rings (SSSR count). The molecule has 0 fully saturated rings. The second-order valence-corrected chi connectivity index (χ2v) is 2.58. The molecule has 0 radical (unpaired) electrons. The van der Waals surface area contributed by atoms with Gasteiger partial charge in [0.2, 0.25) is 0 Å². The number of benzene rings is 1. The number of nitro groups is 1. The van der Waals surface area contributed by atoms with Gasteiger partial charge in [0.25, 0.3) is 0 Å². The highest BCUT2D eigenvalue weighted by atomic mass is 16.6. The van der Waals surface area contributed by atoms with Gasteiger partial charge in [-0.05, 0) is 18.6 Å². The summed E-state index contributed by atoms with van der Waals surface area (Å²) in [6.07, 6.45) is 0.499. The summed E-state index contributed by atoms with van der Waals surface area (Å²) in [6.45, 7) is 1.50. The predicted molar refractivity (Wildman–Crippen MR) is 44.9 cm³/mol. The van der Waals surface area contributed by atoms with Crippen LogP contribution < -0.4 is 0 Å². The maximum atomic E-state index is 10.4. The minimum atomic E-state index is -0.727. The first-order valence-corrected chi connectivity index (χ1v) is 3.49. The normalized spacial score (nSPS) is 9.62. The number of nitro benzene ring substituents is 1. The van der Waals surface area contributed by atoms with Gasteiger partial charge in [-0.3, -0.25) is 14.9 Å². The molecule has 0 aliphatic carbocycles. The van der Waals surface area contributed by atoms with Gasteiger partial charge in [0.15, 0.2) is 5.75 Å². The molecule has 5 nitrogen and oxygen atoms in total. The van der Waals surface area contributed by atoms with Crippen LogP contribution in [0.1, 0.15) is 15.9 Å². The van der Waals surface area contributed by atoms with E-state index >= 15 is 0 Å². The van der Waals surface area contributed by atoms with Crippen LogP contribution in [0.25, 0.3) is 0 Å². The van der Waals surface area contributed by atoms with Crippen LogP contribution in [-0.4, -0.2) is 16.3 Å². The van der Waals surface area contributed by atoms with E-state index in [1.54, 1.807) is 0 Å². The number of aryl methyl sites for hydroxylation is 1. The van der Waals surface area contributed by atoms with Crippen LogP contribution in [0.3, 0.4) is 0 Å². The molecule has 0 spiro atoms. The average molecular weight is 181 g/mol. The third-order valence-corrected chi connectivity index (χ3v) is 1.64. The molecule has 1 aromatic rings. The Morgan fingerprint density at radius 1 is 1.54 bits per heavy atom. The maximum Gasteiger partial charge on any atom is 0.311 e. The van der Waals surface area contributed by atoms with E-state index < -0.39 is 16.4 Å². The van der Waals surface area contributed by atoms with Crippen LogP contribution in [0, 0.1) is 17.0 Å². The number of carbonyl (C=O) groups is 1. The van der Waals surface area contributed by atoms with Crippen molar-refractivity contribution < 1.29 is 14.8 Å². The Morgan fingerprint density at radius 3 is 2.62 bits per heavy atom. The van der Waals surface area contributed by atoms with Gasteiger partial charge in [0, 0.05) is 11.6 Å². The fourth-order valence-corrected chi connectivity index (χ4v) is 0.995. The summed E-state index contributed by atoms with van der Waals surface area (Å²) in [5.41, 5.74) is 0.0559. The molecule has 5 heteroatoms. The van der Waals surface area contributed by atoms with Crippen LogP contribution in [0.4, 0.5) is 5.69 Å². The van der Waals surface area contributed by atoms with Crippen LogP contribution in [0.15, 0.2) is 12.1 Å². The lowest BCUT2D eigenvalue weighted by atomic mass is 10.1. The predicted octanol–water partition coefficient (Wildman–Crippen LogP) is 1.42. The van der Waals surface area contributed by atoms with Crippen LogP contribution in [0.2, 0.25) is 0 Å². The first-order chi connectivity index (χ1) is 6.06. The monoisotopic (exact) mass is 181 g/mol. The zero-order valence-electron chi connectivity index (χ0n) is 6.85. The SMILES string of the molecule is Cc1cc(C=O)cc([N+](=O)[O-])c1O. The molecule has 0 unspecified atom stereocenters. The number of hydrogen-bond acceptors (Lipinski definition) is 4. The smallest absolute Gasteiger partial charge is 0.311 e. The molecule has 0 amide bonds. The lowest BCUT2D eigenvalue weighted by Crippen LogP contribution is -1.92. The van der Waals surface area contributed by atoms with E-state index in [2.05, 4.69) is 0 Å². The van der Waals surface area contributed by atoms with Crippen molar-refractivity contribution in [1.82, 2.24) is 0 Å². The van der Waals surface area contributed by atoms with Gasteiger partial charge in [-0.25, -0.2) is 0 Å². The highest BCUT2D eigenvalue weighted by Crippen LogP contribution is 2.29. The van der Waals surface area contributed by atoms with Gasteiger partial charge in [0.1, 0.15) is 6.29 Å². The molecule has 13 heavy (non-hydrogen) atoms. The lowest BCUT2D eigenvalue weighted by Gasteiger charge is -2.00. The Bertz CT molecular complexity index is 373. The molecule has 0 aromatic heterocycles. The molecule has 0 aliphatic heterocycles. The Morgan fingerprint density at radius 2 is 2.15 bits per heavy atom. The first-order valence-electron chi connectivity index (χ1n) is 3.49. The van der Waals surface area contributed by atoms with E-state index in [-0.39, 0.29) is 5.56 Å². The lowest BCUT2D eigenvalue weighted by molar-refractivity contribution is -0.385. The average Bonchev–Trinajstić information content (AvgIpc) is 2.09. The van der Waals surface area contributed by atoms with Crippen molar-refractivity contribution in [2.24, 2.45) is 0 Å². The number of rotatable bonds is 2. The Balaban J connectivity index is 3.41. The first kappa shape index (κ1) is 9.18. The van der Waals surface area contributed by atoms with E-state index in [1.807, 2.05) is 0 Å². The molecule has 0 saturated carbocycles. The fourth-order valence-electron chi connectivity index (χ4n) is 0.995. The second kappa shape index (κ2) is 3.22. The zero-order valence-corrected chi connectivity index (χ0v) is 6.85. The van der Waals surface area contributed by atoms with Gasteiger partial charge in [0.05, 0.1) is 4.92 Å². The molecule has 0 atom stereocenters. The molecular weight excluding hydrogens is 174 g/mol. The van der Waals surface area contributed by atoms with Gasteiger partial charge in [-0.2, -0.15) is 0 Å². The highest BCUT2D eigenvalue weighted by Gasteiger charge is 2.16. The highest BCUT2D eigenvalue weighted by molar-refractivity contribution is 5.78. The molecule has 68 valence electrons.